The zero-order valence-corrected chi connectivity index (χ0v) is 5.71. The molecule has 0 amide bonds. The second-order valence-corrected chi connectivity index (χ2v) is 1.01. The van der Waals surface area contributed by atoms with Crippen LogP contribution in [0.3, 0.4) is 0 Å². The van der Waals surface area contributed by atoms with Gasteiger partial charge in [0.25, 0.3) is 0 Å². The number of rotatable bonds is 2. The van der Waals surface area contributed by atoms with Gasteiger partial charge in [0.2, 0.25) is 0 Å². The first-order chi connectivity index (χ1) is 3.63. The molecule has 0 aliphatic carbocycles. The van der Waals surface area contributed by atoms with E-state index < -0.39 is 11.9 Å². The first-order valence-corrected chi connectivity index (χ1v) is 1.77. The summed E-state index contributed by atoms with van der Waals surface area (Å²) in [6.45, 7) is 0. The molecule has 5 heteroatoms. The van der Waals surface area contributed by atoms with Crippen LogP contribution in [0.1, 0.15) is 0 Å². The van der Waals surface area contributed by atoms with E-state index in [9.17, 15) is 9.59 Å². The van der Waals surface area contributed by atoms with Gasteiger partial charge in [0.15, 0.2) is 0 Å². The summed E-state index contributed by atoms with van der Waals surface area (Å²) in [5.74, 6) is -2.51. The van der Waals surface area contributed by atoms with Gasteiger partial charge in [0.05, 0.1) is 0 Å². The normalized spacial score (nSPS) is 8.44. The third-order valence-corrected chi connectivity index (χ3v) is 0.368. The van der Waals surface area contributed by atoms with Gasteiger partial charge in [-0.25, -0.2) is 9.59 Å². The topological polar surface area (TPSA) is 74.6 Å². The summed E-state index contributed by atoms with van der Waals surface area (Å²) < 4.78 is 0. The van der Waals surface area contributed by atoms with Crippen molar-refractivity contribution in [1.82, 2.24) is 0 Å². The van der Waals surface area contributed by atoms with Crippen LogP contribution in [0.15, 0.2) is 12.2 Å². The van der Waals surface area contributed by atoms with Gasteiger partial charge in [-0.05, 0) is 0 Å². The fraction of sp³-hybridized carbons (Fsp3) is 0. The van der Waals surface area contributed by atoms with Crippen molar-refractivity contribution in [3.8, 4) is 0 Å². The van der Waals surface area contributed by atoms with E-state index in [4.69, 9.17) is 10.2 Å². The summed E-state index contributed by atoms with van der Waals surface area (Å²) in [5, 5.41) is 15.6. The van der Waals surface area contributed by atoms with Crippen molar-refractivity contribution >= 4 is 11.9 Å². The van der Waals surface area contributed by atoms with Crippen LogP contribution in [0.25, 0.3) is 0 Å². The summed E-state index contributed by atoms with van der Waals surface area (Å²) in [5.41, 5.74) is 0. The Morgan fingerprint density at radius 2 is 1.22 bits per heavy atom. The molecule has 49 valence electrons. The van der Waals surface area contributed by atoms with Crippen molar-refractivity contribution in [2.24, 2.45) is 0 Å². The average Bonchev–Trinajstić information content (AvgIpc) is 1.61. The Kier molecular flexibility index (Phi) is 6.67. The fourth-order valence-electron chi connectivity index (χ4n) is 0.143. The van der Waals surface area contributed by atoms with Crippen LogP contribution in [-0.2, 0) is 28.1 Å². The number of aliphatic carboxylic acids is 2. The van der Waals surface area contributed by atoms with E-state index in [0.717, 1.165) is 0 Å². The summed E-state index contributed by atoms with van der Waals surface area (Å²) in [7, 11) is 0. The summed E-state index contributed by atoms with van der Waals surface area (Å²) in [6, 6.07) is 0. The molecule has 0 saturated heterocycles. The summed E-state index contributed by atoms with van der Waals surface area (Å²) in [6.07, 6.45) is 1.12. The largest absolute Gasteiger partial charge is 0.478 e. The minimum atomic E-state index is -1.26. The van der Waals surface area contributed by atoms with Crippen molar-refractivity contribution in [2.75, 3.05) is 0 Å². The van der Waals surface area contributed by atoms with Gasteiger partial charge < -0.3 is 10.2 Å². The van der Waals surface area contributed by atoms with Crippen LogP contribution < -0.4 is 0 Å². The van der Waals surface area contributed by atoms with Gasteiger partial charge in [-0.2, -0.15) is 0 Å². The molecule has 0 rings (SSSR count). The molecule has 0 aliphatic heterocycles. The molecular weight excluding hydrogens is 163 g/mol. The molecule has 0 aromatic heterocycles. The van der Waals surface area contributed by atoms with Gasteiger partial charge in [-0.1, -0.05) is 0 Å². The molecule has 1 radical (unpaired) electrons. The van der Waals surface area contributed by atoms with Gasteiger partial charge >= 0.3 is 11.9 Å². The maximum Gasteiger partial charge on any atom is 0.328 e. The van der Waals surface area contributed by atoms with Crippen LogP contribution in [0.2, 0.25) is 0 Å². The van der Waals surface area contributed by atoms with E-state index in [1.165, 1.54) is 0 Å². The first-order valence-electron chi connectivity index (χ1n) is 1.77. The number of carboxylic acids is 2. The zero-order chi connectivity index (χ0) is 6.57. The molecular formula is C4H4O4V. The molecule has 0 spiro atoms. The van der Waals surface area contributed by atoms with Crippen molar-refractivity contribution in [3.05, 3.63) is 12.2 Å². The Labute approximate surface area is 63.1 Å². The molecule has 0 fully saturated rings. The quantitative estimate of drug-likeness (QED) is 0.554. The minimum absolute atomic E-state index is 0. The molecule has 0 saturated carbocycles. The van der Waals surface area contributed by atoms with E-state index in [-0.39, 0.29) is 18.6 Å². The summed E-state index contributed by atoms with van der Waals surface area (Å²) >= 11 is 0. The van der Waals surface area contributed by atoms with Gasteiger partial charge in [-0.15, -0.1) is 0 Å². The number of carbonyl (C=O) groups is 2. The van der Waals surface area contributed by atoms with E-state index in [2.05, 4.69) is 0 Å². The Bertz CT molecular complexity index is 124. The third kappa shape index (κ3) is 11.1. The van der Waals surface area contributed by atoms with E-state index in [1.54, 1.807) is 0 Å². The predicted molar refractivity (Wildman–Crippen MR) is 24.4 cm³/mol. The molecule has 2 N–H and O–H groups in total. The summed E-state index contributed by atoms with van der Waals surface area (Å²) in [4.78, 5) is 19.1. The number of hydrogen-bond donors (Lipinski definition) is 2. The second-order valence-electron chi connectivity index (χ2n) is 1.01. The van der Waals surface area contributed by atoms with Crippen LogP contribution in [0.5, 0.6) is 0 Å². The standard InChI is InChI=1S/C4H4O4.V/c5-3(6)1-2-4(7)8;/h1-2H,(H,5,6)(H,7,8);/b2-1-;. The smallest absolute Gasteiger partial charge is 0.328 e. The van der Waals surface area contributed by atoms with Gasteiger partial charge in [0.1, 0.15) is 0 Å². The van der Waals surface area contributed by atoms with Crippen LogP contribution in [0.4, 0.5) is 0 Å². The predicted octanol–water partition coefficient (Wildman–Crippen LogP) is -0.291. The SMILES string of the molecule is O=C(O)/C=C\C(=O)O.[V]. The maximum atomic E-state index is 9.55. The average molecular weight is 167 g/mol. The van der Waals surface area contributed by atoms with Crippen LogP contribution in [0, 0.1) is 0 Å². The number of carboxylic acid groups (broad SMARTS) is 2. The van der Waals surface area contributed by atoms with Gasteiger partial charge in [0, 0.05) is 30.7 Å². The monoisotopic (exact) mass is 167 g/mol. The Morgan fingerprint density at radius 3 is 1.33 bits per heavy atom. The molecule has 0 bridgehead atoms. The van der Waals surface area contributed by atoms with Crippen molar-refractivity contribution in [2.45, 2.75) is 0 Å². The van der Waals surface area contributed by atoms with E-state index in [1.807, 2.05) is 0 Å². The molecule has 0 aromatic rings. The molecule has 0 atom stereocenters. The van der Waals surface area contributed by atoms with Crippen molar-refractivity contribution in [3.63, 3.8) is 0 Å². The zero-order valence-electron chi connectivity index (χ0n) is 4.31. The minimum Gasteiger partial charge on any atom is -0.478 e. The molecule has 0 heterocycles. The van der Waals surface area contributed by atoms with E-state index >= 15 is 0 Å². The van der Waals surface area contributed by atoms with E-state index in [0.29, 0.717) is 12.2 Å². The molecule has 0 aromatic carbocycles. The van der Waals surface area contributed by atoms with Crippen LogP contribution in [-0.4, -0.2) is 22.2 Å². The molecule has 0 aliphatic rings. The van der Waals surface area contributed by atoms with Crippen LogP contribution >= 0.6 is 0 Å². The van der Waals surface area contributed by atoms with Gasteiger partial charge in [-0.3, -0.25) is 0 Å². The van der Waals surface area contributed by atoms with Crippen molar-refractivity contribution in [1.29, 1.82) is 0 Å². The third-order valence-electron chi connectivity index (χ3n) is 0.368. The Morgan fingerprint density at radius 1 is 1.00 bits per heavy atom. The fourth-order valence-corrected chi connectivity index (χ4v) is 0.143. The second kappa shape index (κ2) is 5.40. The molecule has 4 nitrogen and oxygen atoms in total. The molecule has 0 unspecified atom stereocenters. The maximum absolute atomic E-state index is 9.55. The van der Waals surface area contributed by atoms with Crippen molar-refractivity contribution < 1.29 is 38.4 Å². The Balaban J connectivity index is 0. The Hall–Kier alpha value is -0.736. The number of hydrogen-bond acceptors (Lipinski definition) is 2. The first kappa shape index (κ1) is 11.1. The molecule has 9 heavy (non-hydrogen) atoms.